The van der Waals surface area contributed by atoms with Crippen LogP contribution >= 0.6 is 0 Å². The van der Waals surface area contributed by atoms with Crippen molar-refractivity contribution in [1.82, 2.24) is 4.90 Å². The van der Waals surface area contributed by atoms with Gasteiger partial charge in [0.1, 0.15) is 5.69 Å². The minimum absolute atomic E-state index is 0.0526. The highest BCUT2D eigenvalue weighted by Crippen LogP contribution is 2.28. The number of hydrogen-bond donors (Lipinski definition) is 0. The number of anilines is 1. The van der Waals surface area contributed by atoms with Gasteiger partial charge in [-0.25, -0.2) is 4.79 Å². The van der Waals surface area contributed by atoms with Gasteiger partial charge in [-0.2, -0.15) is 0 Å². The zero-order chi connectivity index (χ0) is 18.6. The van der Waals surface area contributed by atoms with Gasteiger partial charge in [0.05, 0.1) is 10.5 Å². The first-order chi connectivity index (χ1) is 11.8. The van der Waals surface area contributed by atoms with Gasteiger partial charge < -0.3 is 14.5 Å². The van der Waals surface area contributed by atoms with Crippen LogP contribution in [0, 0.1) is 10.1 Å². The molecule has 0 spiro atoms. The predicted octanol–water partition coefficient (Wildman–Crippen LogP) is 2.22. The van der Waals surface area contributed by atoms with Crippen molar-refractivity contribution in [2.24, 2.45) is 0 Å². The zero-order valence-electron chi connectivity index (χ0n) is 14.7. The number of piperidine rings is 1. The van der Waals surface area contributed by atoms with Crippen LogP contribution in [0.1, 0.15) is 36.5 Å². The SMILES string of the molecule is C[C@H]1CCCCN1C(=O)COC(=O)c1ccc(N(C)C)c([N+](=O)[O-])c1. The molecule has 0 bridgehead atoms. The lowest BCUT2D eigenvalue weighted by atomic mass is 10.0. The van der Waals surface area contributed by atoms with Crippen LogP contribution in [0.15, 0.2) is 18.2 Å². The maximum Gasteiger partial charge on any atom is 0.338 e. The van der Waals surface area contributed by atoms with Crippen molar-refractivity contribution in [2.75, 3.05) is 32.1 Å². The fourth-order valence-electron chi connectivity index (χ4n) is 2.94. The Hall–Kier alpha value is -2.64. The number of nitro benzene ring substituents is 1. The second-order valence-corrected chi connectivity index (χ2v) is 6.36. The highest BCUT2D eigenvalue weighted by Gasteiger charge is 2.25. The highest BCUT2D eigenvalue weighted by molar-refractivity contribution is 5.93. The Balaban J connectivity index is 2.04. The van der Waals surface area contributed by atoms with E-state index in [4.69, 9.17) is 4.74 Å². The summed E-state index contributed by atoms with van der Waals surface area (Å²) in [5, 5.41) is 11.2. The Kier molecular flexibility index (Phi) is 5.95. The van der Waals surface area contributed by atoms with Gasteiger partial charge in [-0.05, 0) is 38.3 Å². The van der Waals surface area contributed by atoms with E-state index in [-0.39, 0.29) is 29.8 Å². The lowest BCUT2D eigenvalue weighted by molar-refractivity contribution is -0.384. The number of ether oxygens (including phenoxy) is 1. The van der Waals surface area contributed by atoms with E-state index in [2.05, 4.69) is 0 Å². The van der Waals surface area contributed by atoms with Gasteiger partial charge in [-0.15, -0.1) is 0 Å². The van der Waals surface area contributed by atoms with Crippen LogP contribution in [-0.4, -0.2) is 55.0 Å². The van der Waals surface area contributed by atoms with Crippen LogP contribution in [0.2, 0.25) is 0 Å². The van der Waals surface area contributed by atoms with Gasteiger partial charge in [-0.3, -0.25) is 14.9 Å². The topological polar surface area (TPSA) is 93.0 Å². The molecule has 1 aromatic carbocycles. The Morgan fingerprint density at radius 1 is 1.36 bits per heavy atom. The molecule has 0 unspecified atom stereocenters. The maximum atomic E-state index is 12.2. The first-order valence-electron chi connectivity index (χ1n) is 8.23. The molecule has 0 N–H and O–H groups in total. The normalized spacial score (nSPS) is 17.1. The monoisotopic (exact) mass is 349 g/mol. The molecule has 1 aliphatic heterocycles. The molecule has 1 heterocycles. The van der Waals surface area contributed by atoms with Crippen LogP contribution < -0.4 is 4.90 Å². The van der Waals surface area contributed by atoms with Crippen LogP contribution in [0.3, 0.4) is 0 Å². The lowest BCUT2D eigenvalue weighted by Crippen LogP contribution is -2.44. The molecule has 0 radical (unpaired) electrons. The standard InChI is InChI=1S/C17H23N3O5/c1-12-6-4-5-9-19(12)16(21)11-25-17(22)13-7-8-14(18(2)3)15(10-13)20(23)24/h7-8,10,12H,4-6,9,11H2,1-3H3/t12-/m0/s1. The van der Waals surface area contributed by atoms with Gasteiger partial charge in [0, 0.05) is 32.7 Å². The van der Waals surface area contributed by atoms with E-state index >= 15 is 0 Å². The van der Waals surface area contributed by atoms with Gasteiger partial charge in [0.25, 0.3) is 11.6 Å². The number of benzene rings is 1. The third kappa shape index (κ3) is 4.46. The minimum atomic E-state index is -0.744. The van der Waals surface area contributed by atoms with Crippen molar-refractivity contribution >= 4 is 23.3 Å². The van der Waals surface area contributed by atoms with E-state index in [9.17, 15) is 19.7 Å². The van der Waals surface area contributed by atoms with E-state index in [0.717, 1.165) is 19.3 Å². The number of carbonyl (C=O) groups is 2. The number of esters is 1. The van der Waals surface area contributed by atoms with E-state index in [0.29, 0.717) is 12.2 Å². The van der Waals surface area contributed by atoms with E-state index < -0.39 is 10.9 Å². The summed E-state index contributed by atoms with van der Waals surface area (Å²) in [7, 11) is 3.36. The summed E-state index contributed by atoms with van der Waals surface area (Å²) in [6, 6.07) is 4.26. The average Bonchev–Trinajstić information content (AvgIpc) is 2.59. The van der Waals surface area contributed by atoms with Crippen molar-refractivity contribution in [1.29, 1.82) is 0 Å². The quantitative estimate of drug-likeness (QED) is 0.460. The van der Waals surface area contributed by atoms with Gasteiger partial charge in [-0.1, -0.05) is 0 Å². The van der Waals surface area contributed by atoms with Crippen LogP contribution in [0.4, 0.5) is 11.4 Å². The molecule has 1 amide bonds. The van der Waals surface area contributed by atoms with Gasteiger partial charge in [0.15, 0.2) is 6.61 Å². The zero-order valence-corrected chi connectivity index (χ0v) is 14.7. The molecule has 0 aromatic heterocycles. The number of nitro groups is 1. The molecule has 8 heteroatoms. The molecule has 1 fully saturated rings. The summed E-state index contributed by atoms with van der Waals surface area (Å²) < 4.78 is 5.06. The molecule has 8 nitrogen and oxygen atoms in total. The highest BCUT2D eigenvalue weighted by atomic mass is 16.6. The van der Waals surface area contributed by atoms with Crippen molar-refractivity contribution in [3.8, 4) is 0 Å². The van der Waals surface area contributed by atoms with Crippen molar-refractivity contribution in [2.45, 2.75) is 32.2 Å². The molecule has 0 aliphatic carbocycles. The van der Waals surface area contributed by atoms with Gasteiger partial charge in [0.2, 0.25) is 0 Å². The maximum absolute atomic E-state index is 12.2. The Bertz CT molecular complexity index is 674. The van der Waals surface area contributed by atoms with Crippen molar-refractivity contribution < 1.29 is 19.2 Å². The number of amides is 1. The molecular formula is C17H23N3O5. The predicted molar refractivity (Wildman–Crippen MR) is 92.7 cm³/mol. The summed E-state index contributed by atoms with van der Waals surface area (Å²) in [5.41, 5.74) is 0.256. The third-order valence-electron chi connectivity index (χ3n) is 4.34. The first-order valence-corrected chi connectivity index (χ1v) is 8.23. The van der Waals surface area contributed by atoms with Crippen molar-refractivity contribution in [3.05, 3.63) is 33.9 Å². The molecule has 1 aliphatic rings. The second-order valence-electron chi connectivity index (χ2n) is 6.36. The number of rotatable bonds is 5. The third-order valence-corrected chi connectivity index (χ3v) is 4.34. The number of nitrogens with zero attached hydrogens (tertiary/aromatic N) is 3. The Morgan fingerprint density at radius 3 is 2.68 bits per heavy atom. The molecule has 1 saturated heterocycles. The van der Waals surface area contributed by atoms with Gasteiger partial charge >= 0.3 is 5.97 Å². The van der Waals surface area contributed by atoms with Crippen LogP contribution in [0.25, 0.3) is 0 Å². The fourth-order valence-corrected chi connectivity index (χ4v) is 2.94. The molecule has 1 atom stereocenters. The van der Waals surface area contributed by atoms with E-state index in [1.807, 2.05) is 6.92 Å². The number of hydrogen-bond acceptors (Lipinski definition) is 6. The summed E-state index contributed by atoms with van der Waals surface area (Å²) in [5.74, 6) is -0.980. The summed E-state index contributed by atoms with van der Waals surface area (Å²) in [6.45, 7) is 2.29. The molecular weight excluding hydrogens is 326 g/mol. The smallest absolute Gasteiger partial charge is 0.338 e. The van der Waals surface area contributed by atoms with Crippen molar-refractivity contribution in [3.63, 3.8) is 0 Å². The first kappa shape index (κ1) is 18.7. The Labute approximate surface area is 146 Å². The van der Waals surface area contributed by atoms with E-state index in [1.54, 1.807) is 23.9 Å². The number of carbonyl (C=O) groups excluding carboxylic acids is 2. The average molecular weight is 349 g/mol. The second kappa shape index (κ2) is 7.96. The number of likely N-dealkylation sites (tertiary alicyclic amines) is 1. The molecule has 1 aromatic rings. The summed E-state index contributed by atoms with van der Waals surface area (Å²) in [4.78, 5) is 38.3. The molecule has 2 rings (SSSR count). The fraction of sp³-hybridized carbons (Fsp3) is 0.529. The lowest BCUT2D eigenvalue weighted by Gasteiger charge is -2.33. The van der Waals surface area contributed by atoms with Crippen LogP contribution in [0.5, 0.6) is 0 Å². The Morgan fingerprint density at radius 2 is 2.08 bits per heavy atom. The summed E-state index contributed by atoms with van der Waals surface area (Å²) in [6.07, 6.45) is 2.98. The van der Waals surface area contributed by atoms with Crippen LogP contribution in [-0.2, 0) is 9.53 Å². The molecule has 136 valence electrons. The summed E-state index contributed by atoms with van der Waals surface area (Å²) >= 11 is 0. The molecule has 25 heavy (non-hydrogen) atoms. The van der Waals surface area contributed by atoms with E-state index in [1.165, 1.54) is 18.2 Å². The molecule has 0 saturated carbocycles. The minimum Gasteiger partial charge on any atom is -0.452 e. The largest absolute Gasteiger partial charge is 0.452 e.